The molecule has 0 spiro atoms. The molecule has 0 aromatic heterocycles. The molecule has 9 heteroatoms. The van der Waals surface area contributed by atoms with Crippen LogP contribution in [-0.2, 0) is 20.9 Å². The summed E-state index contributed by atoms with van der Waals surface area (Å²) in [5.41, 5.74) is 1.40. The molecular weight excluding hydrogens is 485 g/mol. The van der Waals surface area contributed by atoms with Crippen molar-refractivity contribution in [2.45, 2.75) is 6.54 Å². The molecule has 0 saturated carbocycles. The van der Waals surface area contributed by atoms with Crippen molar-refractivity contribution in [2.24, 2.45) is 0 Å². The van der Waals surface area contributed by atoms with Crippen molar-refractivity contribution in [1.82, 2.24) is 4.90 Å². The van der Waals surface area contributed by atoms with Crippen LogP contribution in [0.15, 0.2) is 59.5 Å². The summed E-state index contributed by atoms with van der Waals surface area (Å²) in [6.45, 7) is -0.173. The number of carbonyl (C=O) groups is 3. The number of thioether (sulfide) groups is 1. The number of nitrogens with zero attached hydrogens (tertiary/aromatic N) is 1. The average Bonchev–Trinajstić information content (AvgIpc) is 3.05. The van der Waals surface area contributed by atoms with Crippen molar-refractivity contribution in [1.29, 1.82) is 0 Å². The van der Waals surface area contributed by atoms with E-state index in [1.165, 1.54) is 12.0 Å². The molecule has 3 aromatic carbocycles. The minimum absolute atomic E-state index is 0.130. The first-order valence-corrected chi connectivity index (χ1v) is 11.4. The third-order valence-electron chi connectivity index (χ3n) is 4.96. The predicted octanol–water partition coefficient (Wildman–Crippen LogP) is 5.93. The van der Waals surface area contributed by atoms with Crippen molar-refractivity contribution in [2.75, 3.05) is 13.7 Å². The molecule has 1 aliphatic rings. The van der Waals surface area contributed by atoms with Crippen LogP contribution in [0.2, 0.25) is 10.0 Å². The molecule has 0 unspecified atom stereocenters. The van der Waals surface area contributed by atoms with Crippen LogP contribution in [0.4, 0.5) is 4.79 Å². The van der Waals surface area contributed by atoms with E-state index >= 15 is 0 Å². The van der Waals surface area contributed by atoms with Crippen LogP contribution in [0.5, 0.6) is 5.75 Å². The number of fused-ring (bicyclic) bond motifs is 1. The number of esters is 1. The van der Waals surface area contributed by atoms with E-state index in [9.17, 15) is 14.4 Å². The summed E-state index contributed by atoms with van der Waals surface area (Å²) in [4.78, 5) is 38.3. The van der Waals surface area contributed by atoms with Crippen molar-refractivity contribution in [3.05, 3.63) is 80.7 Å². The van der Waals surface area contributed by atoms with Gasteiger partial charge in [0.2, 0.25) is 0 Å². The Morgan fingerprint density at radius 3 is 2.48 bits per heavy atom. The maximum absolute atomic E-state index is 13.0. The van der Waals surface area contributed by atoms with Crippen molar-refractivity contribution in [3.63, 3.8) is 0 Å². The number of amides is 2. The Labute approximate surface area is 204 Å². The summed E-state index contributed by atoms with van der Waals surface area (Å²) < 4.78 is 9.83. The lowest BCUT2D eigenvalue weighted by Gasteiger charge is -2.14. The van der Waals surface area contributed by atoms with Gasteiger partial charge in [-0.1, -0.05) is 65.7 Å². The van der Waals surface area contributed by atoms with Crippen LogP contribution >= 0.6 is 35.0 Å². The van der Waals surface area contributed by atoms with E-state index in [4.69, 9.17) is 27.9 Å². The Hall–Kier alpha value is -3.00. The largest absolute Gasteiger partial charge is 0.479 e. The average molecular weight is 502 g/mol. The van der Waals surface area contributed by atoms with Gasteiger partial charge in [0.25, 0.3) is 11.1 Å². The number of carbonyl (C=O) groups excluding carboxylic acids is 3. The standard InChI is InChI=1S/C24H17Cl2NO5S/c1-31-21(28)13-32-22-18(25)9-14(10-19(22)26)11-20-23(29)27(24(30)33-20)12-16-7-4-6-15-5-2-3-8-17(15)16/h2-11H,12-13H2,1H3/b20-11+. The monoisotopic (exact) mass is 501 g/mol. The van der Waals surface area contributed by atoms with Crippen LogP contribution in [0.3, 0.4) is 0 Å². The SMILES string of the molecule is COC(=O)COc1c(Cl)cc(/C=C2/SC(=O)N(Cc3cccc4ccccc34)C2=O)cc1Cl. The van der Waals surface area contributed by atoms with E-state index in [1.54, 1.807) is 18.2 Å². The van der Waals surface area contributed by atoms with E-state index < -0.39 is 11.9 Å². The molecule has 1 fully saturated rings. The zero-order valence-corrected chi connectivity index (χ0v) is 19.7. The second-order valence-corrected chi connectivity index (χ2v) is 8.89. The number of methoxy groups -OCH3 is 1. The van der Waals surface area contributed by atoms with Crippen LogP contribution in [0.1, 0.15) is 11.1 Å². The molecule has 0 N–H and O–H groups in total. The van der Waals surface area contributed by atoms with E-state index in [2.05, 4.69) is 4.74 Å². The second kappa shape index (κ2) is 9.87. The van der Waals surface area contributed by atoms with Gasteiger partial charge in [0, 0.05) is 0 Å². The minimum Gasteiger partial charge on any atom is -0.479 e. The van der Waals surface area contributed by atoms with Crippen molar-refractivity contribution in [3.8, 4) is 5.75 Å². The number of halogens is 2. The lowest BCUT2D eigenvalue weighted by Crippen LogP contribution is -2.27. The quantitative estimate of drug-likeness (QED) is 0.307. The molecule has 2 amide bonds. The highest BCUT2D eigenvalue weighted by Gasteiger charge is 2.35. The van der Waals surface area contributed by atoms with Gasteiger partial charge >= 0.3 is 5.97 Å². The summed E-state index contributed by atoms with van der Waals surface area (Å²) in [5, 5.41) is 2.00. The molecule has 4 rings (SSSR count). The molecule has 3 aromatic rings. The van der Waals surface area contributed by atoms with Crippen molar-refractivity contribution >= 4 is 68.9 Å². The van der Waals surface area contributed by atoms with E-state index in [0.717, 1.165) is 28.1 Å². The molecule has 6 nitrogen and oxygen atoms in total. The molecule has 1 saturated heterocycles. The van der Waals surface area contributed by atoms with Gasteiger partial charge in [-0.15, -0.1) is 0 Å². The summed E-state index contributed by atoms with van der Waals surface area (Å²) >= 11 is 13.3. The smallest absolute Gasteiger partial charge is 0.343 e. The number of ether oxygens (including phenoxy) is 2. The number of imide groups is 1. The predicted molar refractivity (Wildman–Crippen MR) is 129 cm³/mol. The maximum Gasteiger partial charge on any atom is 0.343 e. The molecule has 1 heterocycles. The Morgan fingerprint density at radius 2 is 1.76 bits per heavy atom. The molecule has 0 bridgehead atoms. The van der Waals surface area contributed by atoms with Gasteiger partial charge in [0.1, 0.15) is 0 Å². The molecule has 0 radical (unpaired) electrons. The Balaban J connectivity index is 1.56. The normalized spacial score (nSPS) is 14.9. The molecule has 0 aliphatic carbocycles. The van der Waals surface area contributed by atoms with Gasteiger partial charge in [-0.3, -0.25) is 14.5 Å². The first kappa shape index (κ1) is 23.2. The van der Waals surface area contributed by atoms with Gasteiger partial charge in [0.15, 0.2) is 12.4 Å². The molecule has 168 valence electrons. The van der Waals surface area contributed by atoms with E-state index in [-0.39, 0.29) is 39.1 Å². The third kappa shape index (κ3) is 5.00. The highest BCUT2D eigenvalue weighted by atomic mass is 35.5. The van der Waals surface area contributed by atoms with E-state index in [1.807, 2.05) is 42.5 Å². The maximum atomic E-state index is 13.0. The van der Waals surface area contributed by atoms with Gasteiger partial charge in [-0.2, -0.15) is 0 Å². The molecule has 0 atom stereocenters. The first-order chi connectivity index (χ1) is 15.9. The number of hydrogen-bond acceptors (Lipinski definition) is 6. The summed E-state index contributed by atoms with van der Waals surface area (Å²) in [6, 6.07) is 16.7. The third-order valence-corrected chi connectivity index (χ3v) is 6.43. The lowest BCUT2D eigenvalue weighted by molar-refractivity contribution is -0.142. The highest BCUT2D eigenvalue weighted by Crippen LogP contribution is 2.38. The number of rotatable bonds is 6. The van der Waals surface area contributed by atoms with Crippen LogP contribution < -0.4 is 4.74 Å². The minimum atomic E-state index is -0.578. The second-order valence-electron chi connectivity index (χ2n) is 7.08. The summed E-state index contributed by atoms with van der Waals surface area (Å²) in [5.74, 6) is -0.841. The fourth-order valence-electron chi connectivity index (χ4n) is 3.38. The summed E-state index contributed by atoms with van der Waals surface area (Å²) in [7, 11) is 1.24. The van der Waals surface area contributed by atoms with Crippen LogP contribution in [-0.4, -0.2) is 35.7 Å². The van der Waals surface area contributed by atoms with E-state index in [0.29, 0.717) is 5.56 Å². The molecule has 1 aliphatic heterocycles. The fourth-order valence-corrected chi connectivity index (χ4v) is 4.83. The summed E-state index contributed by atoms with van der Waals surface area (Å²) in [6.07, 6.45) is 1.55. The Kier molecular flexibility index (Phi) is 6.93. The van der Waals surface area contributed by atoms with Gasteiger partial charge in [0.05, 0.1) is 28.6 Å². The zero-order valence-electron chi connectivity index (χ0n) is 17.3. The van der Waals surface area contributed by atoms with Crippen LogP contribution in [0, 0.1) is 0 Å². The highest BCUT2D eigenvalue weighted by molar-refractivity contribution is 8.18. The molecular formula is C24H17Cl2NO5S. The Morgan fingerprint density at radius 1 is 1.06 bits per heavy atom. The van der Waals surface area contributed by atoms with Crippen LogP contribution in [0.25, 0.3) is 16.8 Å². The topological polar surface area (TPSA) is 72.9 Å². The first-order valence-electron chi connectivity index (χ1n) is 9.78. The van der Waals surface area contributed by atoms with Crippen molar-refractivity contribution < 1.29 is 23.9 Å². The van der Waals surface area contributed by atoms with Gasteiger partial charge in [-0.25, -0.2) is 4.79 Å². The van der Waals surface area contributed by atoms with Gasteiger partial charge in [-0.05, 0) is 51.9 Å². The molecule has 33 heavy (non-hydrogen) atoms. The zero-order chi connectivity index (χ0) is 23.5. The number of benzene rings is 3. The number of hydrogen-bond donors (Lipinski definition) is 0. The Bertz CT molecular complexity index is 1280. The fraction of sp³-hybridized carbons (Fsp3) is 0.125. The lowest BCUT2D eigenvalue weighted by atomic mass is 10.0. The van der Waals surface area contributed by atoms with Gasteiger partial charge < -0.3 is 9.47 Å².